The molecule has 6 heteroatoms. The second kappa shape index (κ2) is 5.63. The van der Waals surface area contributed by atoms with Gasteiger partial charge < -0.3 is 10.2 Å². The summed E-state index contributed by atoms with van der Waals surface area (Å²) in [7, 11) is 0. The van der Waals surface area contributed by atoms with Gasteiger partial charge in [0.1, 0.15) is 10.6 Å². The molecule has 21 heavy (non-hydrogen) atoms. The predicted octanol–water partition coefficient (Wildman–Crippen LogP) is 3.89. The number of carboxylic acids is 1. The van der Waals surface area contributed by atoms with Gasteiger partial charge in [-0.3, -0.25) is 4.79 Å². The average molecular weight is 376 g/mol. The molecule has 0 spiro atoms. The summed E-state index contributed by atoms with van der Waals surface area (Å²) in [6.07, 6.45) is 2.55. The third-order valence-electron chi connectivity index (χ3n) is 5.12. The van der Waals surface area contributed by atoms with Crippen molar-refractivity contribution in [3.05, 3.63) is 15.0 Å². The molecule has 1 aliphatic rings. The Morgan fingerprint density at radius 1 is 1.43 bits per heavy atom. The molecule has 2 atom stereocenters. The first-order valence-electron chi connectivity index (χ1n) is 7.22. The maximum absolute atomic E-state index is 12.0. The summed E-state index contributed by atoms with van der Waals surface area (Å²) in [6.45, 7) is 7.81. The van der Waals surface area contributed by atoms with E-state index in [0.29, 0.717) is 17.8 Å². The number of aliphatic carboxylic acids is 1. The highest BCUT2D eigenvalue weighted by Crippen LogP contribution is 2.56. The average Bonchev–Trinajstić information content (AvgIpc) is 2.74. The van der Waals surface area contributed by atoms with Crippen LogP contribution in [0.25, 0.3) is 0 Å². The first kappa shape index (κ1) is 16.9. The minimum absolute atomic E-state index is 0.0209. The minimum Gasteiger partial charge on any atom is -0.481 e. The highest BCUT2D eigenvalue weighted by Gasteiger charge is 2.58. The van der Waals surface area contributed by atoms with Crippen molar-refractivity contribution in [3.8, 4) is 0 Å². The number of halogens is 1. The van der Waals surface area contributed by atoms with Gasteiger partial charge in [0.05, 0.1) is 15.4 Å². The van der Waals surface area contributed by atoms with E-state index in [0.717, 1.165) is 3.79 Å². The fourth-order valence-electron chi connectivity index (χ4n) is 4.37. The fourth-order valence-corrected chi connectivity index (χ4v) is 5.69. The Labute approximate surface area is 137 Å². The van der Waals surface area contributed by atoms with Crippen LogP contribution in [0.2, 0.25) is 0 Å². The zero-order valence-electron chi connectivity index (χ0n) is 12.8. The zero-order valence-corrected chi connectivity index (χ0v) is 15.2. The molecule has 0 aliphatic heterocycles. The van der Waals surface area contributed by atoms with Crippen molar-refractivity contribution in [2.45, 2.75) is 46.1 Å². The number of hydrogen-bond donors (Lipinski definition) is 2. The van der Waals surface area contributed by atoms with E-state index < -0.39 is 17.0 Å². The lowest BCUT2D eigenvalue weighted by atomic mass is 9.53. The molecular weight excluding hydrogens is 354 g/mol. The highest BCUT2D eigenvalue weighted by molar-refractivity contribution is 9.11. The quantitative estimate of drug-likeness (QED) is 0.840. The Bertz CT molecular complexity index is 531. The first-order chi connectivity index (χ1) is 9.64. The lowest BCUT2D eigenvalue weighted by molar-refractivity contribution is -0.177. The van der Waals surface area contributed by atoms with Crippen molar-refractivity contribution < 1.29 is 15.0 Å². The zero-order chi connectivity index (χ0) is 16.0. The number of aromatic nitrogens is 1. The second-order valence-electron chi connectivity index (χ2n) is 6.60. The summed E-state index contributed by atoms with van der Waals surface area (Å²) in [5, 5.41) is 21.5. The minimum atomic E-state index is -1.02. The SMILES string of the molecule is CC(C)C1(C(=O)O)C(C)CC(O)(c2ncc(Br)s2)CC1C. The number of aliphatic hydroxyl groups is 1. The molecule has 0 radical (unpaired) electrons. The third kappa shape index (κ3) is 2.55. The van der Waals surface area contributed by atoms with Crippen LogP contribution in [0.4, 0.5) is 0 Å². The maximum atomic E-state index is 12.0. The van der Waals surface area contributed by atoms with Crippen molar-refractivity contribution in [1.29, 1.82) is 0 Å². The van der Waals surface area contributed by atoms with Crippen LogP contribution in [0.15, 0.2) is 9.98 Å². The summed E-state index contributed by atoms with van der Waals surface area (Å²) < 4.78 is 0.880. The molecule has 118 valence electrons. The van der Waals surface area contributed by atoms with Gasteiger partial charge in [-0.1, -0.05) is 27.7 Å². The van der Waals surface area contributed by atoms with Crippen LogP contribution in [0.5, 0.6) is 0 Å². The van der Waals surface area contributed by atoms with Crippen molar-refractivity contribution in [1.82, 2.24) is 4.98 Å². The first-order valence-corrected chi connectivity index (χ1v) is 8.83. The number of carbonyl (C=O) groups is 1. The van der Waals surface area contributed by atoms with Gasteiger partial charge in [-0.25, -0.2) is 4.98 Å². The Kier molecular flexibility index (Phi) is 4.53. The molecule has 2 N–H and O–H groups in total. The van der Waals surface area contributed by atoms with Crippen LogP contribution in [0, 0.1) is 23.2 Å². The molecule has 1 aliphatic carbocycles. The van der Waals surface area contributed by atoms with Gasteiger partial charge in [0.15, 0.2) is 0 Å². The van der Waals surface area contributed by atoms with Gasteiger partial charge >= 0.3 is 5.97 Å². The normalized spacial score (nSPS) is 36.9. The summed E-state index contributed by atoms with van der Waals surface area (Å²) in [6, 6.07) is 0. The van der Waals surface area contributed by atoms with Gasteiger partial charge in [0.2, 0.25) is 0 Å². The number of rotatable bonds is 3. The number of thiazole rings is 1. The van der Waals surface area contributed by atoms with Crippen LogP contribution in [0.1, 0.15) is 45.5 Å². The second-order valence-corrected chi connectivity index (χ2v) is 9.01. The van der Waals surface area contributed by atoms with Gasteiger partial charge in [0.25, 0.3) is 0 Å². The lowest BCUT2D eigenvalue weighted by Gasteiger charge is -2.51. The van der Waals surface area contributed by atoms with Gasteiger partial charge in [-0.15, -0.1) is 11.3 Å². The van der Waals surface area contributed by atoms with Gasteiger partial charge in [-0.2, -0.15) is 0 Å². The molecule has 1 heterocycles. The standard InChI is InChI=1S/C15H22BrNO3S/c1-8(2)15(13(18)19)9(3)5-14(20,6-10(15)4)12-17-7-11(16)21-12/h7-10,20H,5-6H2,1-4H3,(H,18,19). The smallest absolute Gasteiger partial charge is 0.310 e. The van der Waals surface area contributed by atoms with E-state index >= 15 is 0 Å². The van der Waals surface area contributed by atoms with Crippen LogP contribution in [-0.4, -0.2) is 21.2 Å². The lowest BCUT2D eigenvalue weighted by Crippen LogP contribution is -2.55. The van der Waals surface area contributed by atoms with E-state index in [1.807, 2.05) is 27.7 Å². The monoisotopic (exact) mass is 375 g/mol. The van der Waals surface area contributed by atoms with Crippen molar-refractivity contribution in [2.24, 2.45) is 23.2 Å². The number of nitrogens with zero attached hydrogens (tertiary/aromatic N) is 1. The predicted molar refractivity (Wildman–Crippen MR) is 86.2 cm³/mol. The van der Waals surface area contributed by atoms with Crippen molar-refractivity contribution >= 4 is 33.2 Å². The third-order valence-corrected chi connectivity index (χ3v) is 6.79. The molecule has 0 saturated heterocycles. The van der Waals surface area contributed by atoms with Crippen molar-refractivity contribution in [2.75, 3.05) is 0 Å². The molecule has 1 aromatic heterocycles. The summed E-state index contributed by atoms with van der Waals surface area (Å²) in [5.41, 5.74) is -1.82. The Hall–Kier alpha value is -0.460. The maximum Gasteiger partial charge on any atom is 0.310 e. The molecule has 1 fully saturated rings. The molecule has 1 aromatic rings. The number of carboxylic acid groups (broad SMARTS) is 1. The van der Waals surface area contributed by atoms with Crippen LogP contribution in [0.3, 0.4) is 0 Å². The molecule has 2 rings (SSSR count). The molecule has 1 saturated carbocycles. The van der Waals surface area contributed by atoms with E-state index in [2.05, 4.69) is 20.9 Å². The highest BCUT2D eigenvalue weighted by atomic mass is 79.9. The van der Waals surface area contributed by atoms with E-state index in [4.69, 9.17) is 0 Å². The fraction of sp³-hybridized carbons (Fsp3) is 0.733. The van der Waals surface area contributed by atoms with E-state index in [-0.39, 0.29) is 17.8 Å². The largest absolute Gasteiger partial charge is 0.481 e. The Morgan fingerprint density at radius 3 is 2.29 bits per heavy atom. The van der Waals surface area contributed by atoms with Crippen molar-refractivity contribution in [3.63, 3.8) is 0 Å². The van der Waals surface area contributed by atoms with Crippen LogP contribution in [-0.2, 0) is 10.4 Å². The Morgan fingerprint density at radius 2 is 1.95 bits per heavy atom. The molecule has 0 aromatic carbocycles. The van der Waals surface area contributed by atoms with Gasteiger partial charge in [0, 0.05) is 0 Å². The van der Waals surface area contributed by atoms with E-state index in [1.165, 1.54) is 11.3 Å². The summed E-state index contributed by atoms with van der Waals surface area (Å²) in [4.78, 5) is 16.3. The van der Waals surface area contributed by atoms with E-state index in [9.17, 15) is 15.0 Å². The number of hydrogen-bond acceptors (Lipinski definition) is 4. The molecular formula is C15H22BrNO3S. The molecule has 2 unspecified atom stereocenters. The molecule has 0 bridgehead atoms. The molecule has 0 amide bonds. The summed E-state index contributed by atoms with van der Waals surface area (Å²) >= 11 is 4.80. The van der Waals surface area contributed by atoms with E-state index in [1.54, 1.807) is 6.20 Å². The summed E-state index contributed by atoms with van der Waals surface area (Å²) in [5.74, 6) is -0.967. The molecule has 4 nitrogen and oxygen atoms in total. The Balaban J connectivity index is 2.40. The van der Waals surface area contributed by atoms with Crippen LogP contribution >= 0.6 is 27.3 Å². The van der Waals surface area contributed by atoms with Gasteiger partial charge in [-0.05, 0) is 46.5 Å². The topological polar surface area (TPSA) is 70.4 Å². The van der Waals surface area contributed by atoms with Crippen LogP contribution < -0.4 is 0 Å².